The van der Waals surface area contributed by atoms with Crippen LogP contribution in [0.2, 0.25) is 0 Å². The van der Waals surface area contributed by atoms with E-state index in [-0.39, 0.29) is 23.5 Å². The number of amides is 1. The Bertz CT molecular complexity index is 561. The molecule has 4 nitrogen and oxygen atoms in total. The predicted octanol–water partition coefficient (Wildman–Crippen LogP) is 2.57. The monoisotopic (exact) mass is 383 g/mol. The number of halogens is 5. The molecule has 1 amide bonds. The molecule has 0 spiro atoms. The molecule has 0 aromatic heterocycles. The summed E-state index contributed by atoms with van der Waals surface area (Å²) >= 11 is 0.333. The lowest BCUT2D eigenvalue weighted by Crippen LogP contribution is -2.57. The predicted molar refractivity (Wildman–Crippen MR) is 84.9 cm³/mol. The van der Waals surface area contributed by atoms with Crippen LogP contribution in [0.1, 0.15) is 10.4 Å². The van der Waals surface area contributed by atoms with E-state index in [1.54, 1.807) is 0 Å². The molecule has 10 heteroatoms. The number of carbonyl (C=O) groups excluding carboxylic acids is 1. The lowest BCUT2D eigenvalue weighted by atomic mass is 10.1. The summed E-state index contributed by atoms with van der Waals surface area (Å²) in [5.74, 6) is -3.25. The summed E-state index contributed by atoms with van der Waals surface area (Å²) in [6, 6.07) is 3.54. The first-order valence-electron chi connectivity index (χ1n) is 7.62. The summed E-state index contributed by atoms with van der Waals surface area (Å²) < 4.78 is 64.2. The Morgan fingerprint density at radius 1 is 1.20 bits per heavy atom. The molecule has 1 aromatic carbocycles. The van der Waals surface area contributed by atoms with Crippen LogP contribution in [0.3, 0.4) is 0 Å². The maximum absolute atomic E-state index is 13.2. The van der Waals surface area contributed by atoms with Crippen molar-refractivity contribution >= 4 is 17.7 Å². The molecule has 1 fully saturated rings. The van der Waals surface area contributed by atoms with Crippen molar-refractivity contribution in [3.63, 3.8) is 0 Å². The molecule has 1 aromatic rings. The largest absolute Gasteiger partial charge is 0.405 e. The molecule has 2 rings (SSSR count). The molecule has 1 heterocycles. The summed E-state index contributed by atoms with van der Waals surface area (Å²) in [5.41, 5.74) is 0.125. The molecule has 1 unspecified atom stereocenters. The zero-order valence-corrected chi connectivity index (χ0v) is 14.0. The second-order valence-corrected chi connectivity index (χ2v) is 6.52. The third-order valence-electron chi connectivity index (χ3n) is 3.77. The Morgan fingerprint density at radius 2 is 1.80 bits per heavy atom. The fraction of sp³-hybridized carbons (Fsp3) is 0.533. The van der Waals surface area contributed by atoms with Crippen LogP contribution in [0.4, 0.5) is 22.0 Å². The molecule has 0 aliphatic carbocycles. The van der Waals surface area contributed by atoms with Gasteiger partial charge in [0.15, 0.2) is 0 Å². The lowest BCUT2D eigenvalue weighted by molar-refractivity contribution is -0.183. The quantitative estimate of drug-likeness (QED) is 0.586. The molecular weight excluding hydrogens is 365 g/mol. The zero-order valence-electron chi connectivity index (χ0n) is 13.2. The molecule has 1 saturated heterocycles. The van der Waals surface area contributed by atoms with Crippen LogP contribution in [0, 0.1) is 0 Å². The van der Waals surface area contributed by atoms with Crippen LogP contribution >= 0.6 is 11.8 Å². The first kappa shape index (κ1) is 19.9. The van der Waals surface area contributed by atoms with E-state index in [0.29, 0.717) is 24.9 Å². The average molecular weight is 383 g/mol. The Morgan fingerprint density at radius 3 is 2.32 bits per heavy atom. The fourth-order valence-corrected chi connectivity index (χ4v) is 3.02. The molecule has 140 valence electrons. The number of rotatable bonds is 6. The summed E-state index contributed by atoms with van der Waals surface area (Å²) in [6.45, 7) is 0.864. The van der Waals surface area contributed by atoms with Gasteiger partial charge in [0.2, 0.25) is 0 Å². The van der Waals surface area contributed by atoms with Crippen molar-refractivity contribution in [2.45, 2.75) is 22.9 Å². The Labute approximate surface area is 146 Å². The fourth-order valence-electron chi connectivity index (χ4n) is 2.52. The molecule has 0 bridgehead atoms. The van der Waals surface area contributed by atoms with Gasteiger partial charge in [0.1, 0.15) is 6.04 Å². The number of nitrogens with one attached hydrogen (secondary N) is 2. The highest BCUT2D eigenvalue weighted by Gasteiger charge is 2.43. The van der Waals surface area contributed by atoms with Gasteiger partial charge in [-0.25, -0.2) is 0 Å². The van der Waals surface area contributed by atoms with Gasteiger partial charge >= 0.3 is 6.18 Å². The summed E-state index contributed by atoms with van der Waals surface area (Å²) in [4.78, 5) is 13.6. The number of carbonyl (C=O) groups is 1. The SMILES string of the molecule is O=C(NCC(N1CCNCC1)C(F)(F)F)c1ccc(SC(F)F)cc1. The standard InChI is InChI=1S/C15H18F5N3OS/c16-14(17)25-11-3-1-10(2-4-11)13(24)22-9-12(15(18,19)20)23-7-5-21-6-8-23/h1-4,12,14,21H,5-9H2,(H,22,24). The van der Waals surface area contributed by atoms with Crippen LogP contribution in [-0.4, -0.2) is 61.5 Å². The van der Waals surface area contributed by atoms with Crippen LogP contribution in [-0.2, 0) is 0 Å². The van der Waals surface area contributed by atoms with Gasteiger partial charge in [-0.1, -0.05) is 11.8 Å². The van der Waals surface area contributed by atoms with Crippen molar-refractivity contribution in [1.29, 1.82) is 0 Å². The van der Waals surface area contributed by atoms with Crippen molar-refractivity contribution in [3.05, 3.63) is 29.8 Å². The first-order valence-corrected chi connectivity index (χ1v) is 8.50. The van der Waals surface area contributed by atoms with E-state index in [4.69, 9.17) is 0 Å². The third kappa shape index (κ3) is 6.12. The van der Waals surface area contributed by atoms with Gasteiger partial charge in [0.05, 0.1) is 0 Å². The number of nitrogens with zero attached hydrogens (tertiary/aromatic N) is 1. The van der Waals surface area contributed by atoms with Crippen LogP contribution in [0.15, 0.2) is 29.2 Å². The topological polar surface area (TPSA) is 44.4 Å². The Balaban J connectivity index is 1.95. The maximum Gasteiger partial charge on any atom is 0.405 e. The van der Waals surface area contributed by atoms with E-state index in [2.05, 4.69) is 10.6 Å². The number of thioether (sulfide) groups is 1. The minimum absolute atomic E-state index is 0.125. The van der Waals surface area contributed by atoms with E-state index in [9.17, 15) is 26.7 Å². The highest BCUT2D eigenvalue weighted by molar-refractivity contribution is 7.99. The van der Waals surface area contributed by atoms with E-state index in [1.165, 1.54) is 29.2 Å². The second kappa shape index (κ2) is 8.81. The third-order valence-corrected chi connectivity index (χ3v) is 4.49. The van der Waals surface area contributed by atoms with Gasteiger partial charge in [0.25, 0.3) is 11.7 Å². The minimum Gasteiger partial charge on any atom is -0.350 e. The smallest absolute Gasteiger partial charge is 0.350 e. The van der Waals surface area contributed by atoms with Gasteiger partial charge in [-0.15, -0.1) is 0 Å². The molecule has 1 atom stereocenters. The van der Waals surface area contributed by atoms with Crippen molar-refractivity contribution in [2.75, 3.05) is 32.7 Å². The van der Waals surface area contributed by atoms with Gasteiger partial charge in [0, 0.05) is 43.2 Å². The highest BCUT2D eigenvalue weighted by atomic mass is 32.2. The molecule has 0 radical (unpaired) electrons. The van der Waals surface area contributed by atoms with E-state index >= 15 is 0 Å². The van der Waals surface area contributed by atoms with Crippen LogP contribution < -0.4 is 10.6 Å². The van der Waals surface area contributed by atoms with Crippen molar-refractivity contribution in [1.82, 2.24) is 15.5 Å². The molecule has 25 heavy (non-hydrogen) atoms. The summed E-state index contributed by atoms with van der Waals surface area (Å²) in [5, 5.41) is 5.27. The highest BCUT2D eigenvalue weighted by Crippen LogP contribution is 2.26. The Kier molecular flexibility index (Phi) is 7.03. The molecule has 1 aliphatic rings. The molecule has 2 N–H and O–H groups in total. The van der Waals surface area contributed by atoms with Crippen LogP contribution in [0.5, 0.6) is 0 Å². The summed E-state index contributed by atoms with van der Waals surface area (Å²) in [7, 11) is 0. The van der Waals surface area contributed by atoms with Crippen molar-refractivity contribution in [2.24, 2.45) is 0 Å². The van der Waals surface area contributed by atoms with Gasteiger partial charge in [-0.2, -0.15) is 22.0 Å². The van der Waals surface area contributed by atoms with E-state index < -0.39 is 30.4 Å². The van der Waals surface area contributed by atoms with Crippen molar-refractivity contribution in [3.8, 4) is 0 Å². The average Bonchev–Trinajstić information content (AvgIpc) is 2.54. The van der Waals surface area contributed by atoms with Crippen LogP contribution in [0.25, 0.3) is 0 Å². The molecule has 0 saturated carbocycles. The molecular formula is C15H18F5N3OS. The van der Waals surface area contributed by atoms with Gasteiger partial charge < -0.3 is 10.6 Å². The zero-order chi connectivity index (χ0) is 18.4. The Hall–Kier alpha value is -1.39. The lowest BCUT2D eigenvalue weighted by Gasteiger charge is -2.35. The second-order valence-electron chi connectivity index (χ2n) is 5.46. The van der Waals surface area contributed by atoms with E-state index in [0.717, 1.165) is 0 Å². The van der Waals surface area contributed by atoms with Gasteiger partial charge in [-0.05, 0) is 24.3 Å². The van der Waals surface area contributed by atoms with Gasteiger partial charge in [-0.3, -0.25) is 9.69 Å². The number of piperazine rings is 1. The number of hydrogen-bond donors (Lipinski definition) is 2. The van der Waals surface area contributed by atoms with Crippen molar-refractivity contribution < 1.29 is 26.7 Å². The normalized spacial score (nSPS) is 17.5. The molecule has 1 aliphatic heterocycles. The number of benzene rings is 1. The first-order chi connectivity index (χ1) is 11.8. The van der Waals surface area contributed by atoms with E-state index in [1.807, 2.05) is 0 Å². The minimum atomic E-state index is -4.46. The number of hydrogen-bond acceptors (Lipinski definition) is 4. The number of alkyl halides is 5. The summed E-state index contributed by atoms with van der Waals surface area (Å²) in [6.07, 6.45) is -4.46. The maximum atomic E-state index is 13.2.